The van der Waals surface area contributed by atoms with E-state index in [4.69, 9.17) is 9.47 Å². The topological polar surface area (TPSA) is 93.7 Å². The highest BCUT2D eigenvalue weighted by molar-refractivity contribution is 5.88. The van der Waals surface area contributed by atoms with Gasteiger partial charge in [0.05, 0.1) is 0 Å². The number of amides is 2. The van der Waals surface area contributed by atoms with E-state index in [2.05, 4.69) is 10.6 Å². The minimum Gasteiger partial charge on any atom is -0.460 e. The molecule has 26 heavy (non-hydrogen) atoms. The minimum atomic E-state index is -0.767. The third-order valence-electron chi connectivity index (χ3n) is 3.23. The van der Waals surface area contributed by atoms with Gasteiger partial charge in [-0.25, -0.2) is 4.79 Å². The Morgan fingerprint density at radius 2 is 1.77 bits per heavy atom. The van der Waals surface area contributed by atoms with Crippen LogP contribution in [0.15, 0.2) is 30.3 Å². The highest BCUT2D eigenvalue weighted by Gasteiger charge is 2.24. The van der Waals surface area contributed by atoms with Crippen molar-refractivity contribution in [1.29, 1.82) is 0 Å². The molecule has 1 aromatic rings. The van der Waals surface area contributed by atoms with Gasteiger partial charge in [-0.05, 0) is 32.8 Å². The Morgan fingerprint density at radius 1 is 1.12 bits per heavy atom. The van der Waals surface area contributed by atoms with Gasteiger partial charge in [-0.15, -0.1) is 0 Å². The highest BCUT2D eigenvalue weighted by atomic mass is 16.6. The number of rotatable bonds is 8. The van der Waals surface area contributed by atoms with Crippen LogP contribution in [0.25, 0.3) is 0 Å². The molecule has 1 aromatic carbocycles. The lowest BCUT2D eigenvalue weighted by Crippen LogP contribution is -2.49. The maximum atomic E-state index is 12.2. The van der Waals surface area contributed by atoms with Gasteiger partial charge >= 0.3 is 12.1 Å². The lowest BCUT2D eigenvalue weighted by Gasteiger charge is -2.23. The highest BCUT2D eigenvalue weighted by Crippen LogP contribution is 2.08. The zero-order valence-electron chi connectivity index (χ0n) is 15.8. The van der Waals surface area contributed by atoms with Crippen molar-refractivity contribution >= 4 is 18.0 Å². The van der Waals surface area contributed by atoms with E-state index in [0.717, 1.165) is 5.56 Å². The van der Waals surface area contributed by atoms with E-state index in [-0.39, 0.29) is 13.2 Å². The van der Waals surface area contributed by atoms with E-state index < -0.39 is 29.6 Å². The van der Waals surface area contributed by atoms with E-state index in [1.807, 2.05) is 37.3 Å². The van der Waals surface area contributed by atoms with Crippen LogP contribution in [0.1, 0.15) is 46.1 Å². The van der Waals surface area contributed by atoms with Gasteiger partial charge in [0.15, 0.2) is 0 Å². The molecule has 2 amide bonds. The number of hydrogen-bond acceptors (Lipinski definition) is 5. The first kappa shape index (κ1) is 21.5. The zero-order valence-corrected chi connectivity index (χ0v) is 15.8. The largest absolute Gasteiger partial charge is 0.460 e. The number of carbonyl (C=O) groups excluding carboxylic acids is 3. The molecule has 144 valence electrons. The van der Waals surface area contributed by atoms with Gasteiger partial charge in [0, 0.05) is 0 Å². The molecular formula is C19H28N2O5. The van der Waals surface area contributed by atoms with Gasteiger partial charge in [-0.3, -0.25) is 9.59 Å². The molecular weight excluding hydrogens is 336 g/mol. The van der Waals surface area contributed by atoms with Crippen LogP contribution in [0.4, 0.5) is 4.79 Å². The Morgan fingerprint density at radius 3 is 2.35 bits per heavy atom. The molecule has 0 radical (unpaired) electrons. The molecule has 0 heterocycles. The van der Waals surface area contributed by atoms with Crippen molar-refractivity contribution in [3.63, 3.8) is 0 Å². The summed E-state index contributed by atoms with van der Waals surface area (Å²) >= 11 is 0. The predicted octanol–water partition coefficient (Wildman–Crippen LogP) is 2.54. The number of benzene rings is 1. The van der Waals surface area contributed by atoms with Crippen LogP contribution in [-0.2, 0) is 25.7 Å². The lowest BCUT2D eigenvalue weighted by molar-refractivity contribution is -0.145. The molecule has 0 aliphatic rings. The quantitative estimate of drug-likeness (QED) is 0.692. The Balaban J connectivity index is 2.43. The Kier molecular flexibility index (Phi) is 8.61. The third-order valence-corrected chi connectivity index (χ3v) is 3.23. The lowest BCUT2D eigenvalue weighted by atomic mass is 10.1. The molecule has 1 rings (SSSR count). The van der Waals surface area contributed by atoms with Crippen molar-refractivity contribution in [2.75, 3.05) is 6.54 Å². The van der Waals surface area contributed by atoms with Crippen molar-refractivity contribution < 1.29 is 23.9 Å². The second-order valence-electron chi connectivity index (χ2n) is 6.85. The number of hydrogen-bond donors (Lipinski definition) is 2. The fraction of sp³-hybridized carbons (Fsp3) is 0.526. The van der Waals surface area contributed by atoms with Crippen LogP contribution in [0.5, 0.6) is 0 Å². The fourth-order valence-corrected chi connectivity index (χ4v) is 2.08. The fourth-order valence-electron chi connectivity index (χ4n) is 2.08. The number of nitrogens with one attached hydrogen (secondary N) is 2. The van der Waals surface area contributed by atoms with Crippen LogP contribution in [0.3, 0.4) is 0 Å². The van der Waals surface area contributed by atoms with Crippen molar-refractivity contribution in [2.45, 2.75) is 58.8 Å². The Labute approximate surface area is 154 Å². The summed E-state index contributed by atoms with van der Waals surface area (Å²) in [6.07, 6.45) is 0.453. The number of carbonyl (C=O) groups is 3. The van der Waals surface area contributed by atoms with Gasteiger partial charge in [-0.2, -0.15) is 0 Å². The normalized spacial score (nSPS) is 12.0. The van der Waals surface area contributed by atoms with Gasteiger partial charge in [0.25, 0.3) is 0 Å². The van der Waals surface area contributed by atoms with Gasteiger partial charge in [0.1, 0.15) is 24.8 Å². The minimum absolute atomic E-state index is 0.143. The standard InChI is InChI=1S/C19H28N2O5/c1-5-9-15(21-18(24)26-19(2,3)4)17(23)20-12-16(22)25-13-14-10-7-6-8-11-14/h6-8,10-11,15H,5,9,12-13H2,1-4H3,(H,20,23)(H,21,24)/t15-/m0/s1. The molecule has 1 atom stereocenters. The first-order valence-electron chi connectivity index (χ1n) is 8.68. The molecule has 0 aliphatic heterocycles. The molecule has 0 unspecified atom stereocenters. The molecule has 0 spiro atoms. The van der Waals surface area contributed by atoms with Crippen LogP contribution in [-0.4, -0.2) is 36.2 Å². The van der Waals surface area contributed by atoms with Crippen molar-refractivity contribution in [2.24, 2.45) is 0 Å². The average molecular weight is 364 g/mol. The monoisotopic (exact) mass is 364 g/mol. The molecule has 0 aromatic heterocycles. The maximum Gasteiger partial charge on any atom is 0.408 e. The Bertz CT molecular complexity index is 596. The summed E-state index contributed by atoms with van der Waals surface area (Å²) in [5.74, 6) is -0.996. The molecule has 0 aliphatic carbocycles. The molecule has 7 nitrogen and oxygen atoms in total. The maximum absolute atomic E-state index is 12.2. The second-order valence-corrected chi connectivity index (χ2v) is 6.85. The van der Waals surface area contributed by atoms with E-state index in [1.54, 1.807) is 20.8 Å². The molecule has 2 N–H and O–H groups in total. The summed E-state index contributed by atoms with van der Waals surface area (Å²) in [5, 5.41) is 5.02. The van der Waals surface area contributed by atoms with E-state index in [9.17, 15) is 14.4 Å². The number of ether oxygens (including phenoxy) is 2. The average Bonchev–Trinajstić information content (AvgIpc) is 2.56. The van der Waals surface area contributed by atoms with Gasteiger partial charge < -0.3 is 20.1 Å². The van der Waals surface area contributed by atoms with E-state index in [0.29, 0.717) is 12.8 Å². The number of esters is 1. The summed E-state index contributed by atoms with van der Waals surface area (Å²) in [7, 11) is 0. The Hall–Kier alpha value is -2.57. The summed E-state index contributed by atoms with van der Waals surface area (Å²) < 4.78 is 10.3. The van der Waals surface area contributed by atoms with Gasteiger partial charge in [0.2, 0.25) is 5.91 Å². The smallest absolute Gasteiger partial charge is 0.408 e. The van der Waals surface area contributed by atoms with Crippen molar-refractivity contribution in [3.8, 4) is 0 Å². The van der Waals surface area contributed by atoms with Crippen LogP contribution >= 0.6 is 0 Å². The predicted molar refractivity (Wildman–Crippen MR) is 97.3 cm³/mol. The van der Waals surface area contributed by atoms with E-state index >= 15 is 0 Å². The molecule has 0 bridgehead atoms. The molecule has 0 saturated carbocycles. The van der Waals surface area contributed by atoms with Crippen molar-refractivity contribution in [3.05, 3.63) is 35.9 Å². The summed E-state index contributed by atoms with van der Waals surface area (Å²) in [6.45, 7) is 7.00. The van der Waals surface area contributed by atoms with Crippen LogP contribution in [0, 0.1) is 0 Å². The SMILES string of the molecule is CCC[C@H](NC(=O)OC(C)(C)C)C(=O)NCC(=O)OCc1ccccc1. The zero-order chi connectivity index (χ0) is 19.6. The third kappa shape index (κ3) is 9.05. The first-order valence-corrected chi connectivity index (χ1v) is 8.68. The van der Waals surface area contributed by atoms with Crippen molar-refractivity contribution in [1.82, 2.24) is 10.6 Å². The second kappa shape index (κ2) is 10.4. The summed E-state index contributed by atoms with van der Waals surface area (Å²) in [5.41, 5.74) is 0.209. The van der Waals surface area contributed by atoms with E-state index in [1.165, 1.54) is 0 Å². The first-order chi connectivity index (χ1) is 12.2. The van der Waals surface area contributed by atoms with Gasteiger partial charge in [-0.1, -0.05) is 43.7 Å². The molecule has 7 heteroatoms. The summed E-state index contributed by atoms with van der Waals surface area (Å²) in [6, 6.07) is 8.49. The summed E-state index contributed by atoms with van der Waals surface area (Å²) in [4.78, 5) is 35.8. The van der Waals surface area contributed by atoms with Crippen LogP contribution < -0.4 is 10.6 Å². The molecule has 0 fully saturated rings. The molecule has 0 saturated heterocycles. The van der Waals surface area contributed by atoms with Crippen LogP contribution in [0.2, 0.25) is 0 Å². The number of alkyl carbamates (subject to hydrolysis) is 1.